The Morgan fingerprint density at radius 2 is 1.85 bits per heavy atom. The smallest absolute Gasteiger partial charge is 0.0429 e. The Hall–Kier alpha value is -0.850. The van der Waals surface area contributed by atoms with E-state index in [1.807, 2.05) is 20.0 Å². The Balaban J connectivity index is 0.000000671. The Labute approximate surface area is 82.2 Å². The Kier molecular flexibility index (Phi) is 6.21. The summed E-state index contributed by atoms with van der Waals surface area (Å²) in [6.07, 6.45) is 3.04. The van der Waals surface area contributed by atoms with Gasteiger partial charge in [0, 0.05) is 11.9 Å². The average Bonchev–Trinajstić information content (AvgIpc) is 2.21. The van der Waals surface area contributed by atoms with Crippen LogP contribution >= 0.6 is 0 Å². The van der Waals surface area contributed by atoms with Crippen molar-refractivity contribution >= 4 is 0 Å². The second kappa shape index (κ2) is 6.64. The highest BCUT2D eigenvalue weighted by molar-refractivity contribution is 5.15. The third-order valence-electron chi connectivity index (χ3n) is 1.85. The van der Waals surface area contributed by atoms with E-state index >= 15 is 0 Å². The molecule has 13 heavy (non-hydrogen) atoms. The van der Waals surface area contributed by atoms with Gasteiger partial charge in [-0.25, -0.2) is 0 Å². The lowest BCUT2D eigenvalue weighted by Crippen LogP contribution is -1.92. The number of hydrogen-bond donors (Lipinski definition) is 0. The maximum atomic E-state index is 4.35. The van der Waals surface area contributed by atoms with Gasteiger partial charge in [-0.15, -0.1) is 0 Å². The molecule has 0 N–H and O–H groups in total. The number of nitrogens with zero attached hydrogens (tertiary/aromatic N) is 1. The molecule has 0 atom stereocenters. The van der Waals surface area contributed by atoms with Gasteiger partial charge in [0.05, 0.1) is 0 Å². The molecule has 0 radical (unpaired) electrons. The zero-order chi connectivity index (χ0) is 10.3. The van der Waals surface area contributed by atoms with Crippen molar-refractivity contribution < 1.29 is 0 Å². The molecular formula is C12H21N. The molecule has 0 saturated carbocycles. The molecule has 1 nitrogen and oxygen atoms in total. The van der Waals surface area contributed by atoms with Crippen molar-refractivity contribution in [3.8, 4) is 0 Å². The number of aryl methyl sites for hydroxylation is 1. The molecule has 1 aromatic heterocycles. The number of pyridine rings is 1. The highest BCUT2D eigenvalue weighted by Crippen LogP contribution is 2.11. The number of aromatic nitrogens is 1. The van der Waals surface area contributed by atoms with Crippen LogP contribution in [0.4, 0.5) is 0 Å². The number of hydrogen-bond acceptors (Lipinski definition) is 1. The molecule has 0 aromatic carbocycles. The van der Waals surface area contributed by atoms with Gasteiger partial charge in [0.15, 0.2) is 0 Å². The standard InChI is InChI=1S/C10H15N.C2H6/c1-4-9-5-6-10(8(2)3)11-7-9;1-2/h5-8H,4H2,1-3H3;1-2H3. The van der Waals surface area contributed by atoms with E-state index in [2.05, 4.69) is 37.9 Å². The fourth-order valence-corrected chi connectivity index (χ4v) is 0.987. The fraction of sp³-hybridized carbons (Fsp3) is 0.583. The third-order valence-corrected chi connectivity index (χ3v) is 1.85. The van der Waals surface area contributed by atoms with Gasteiger partial charge >= 0.3 is 0 Å². The summed E-state index contributed by atoms with van der Waals surface area (Å²) in [5, 5.41) is 0. The molecule has 0 aliphatic rings. The van der Waals surface area contributed by atoms with Gasteiger partial charge in [0.2, 0.25) is 0 Å². The van der Waals surface area contributed by atoms with Crippen LogP contribution in [-0.2, 0) is 6.42 Å². The summed E-state index contributed by atoms with van der Waals surface area (Å²) in [4.78, 5) is 4.35. The molecule has 1 rings (SSSR count). The van der Waals surface area contributed by atoms with Crippen LogP contribution < -0.4 is 0 Å². The minimum Gasteiger partial charge on any atom is -0.261 e. The predicted molar refractivity (Wildman–Crippen MR) is 59.1 cm³/mol. The van der Waals surface area contributed by atoms with Gasteiger partial charge in [0.1, 0.15) is 0 Å². The maximum Gasteiger partial charge on any atom is 0.0429 e. The van der Waals surface area contributed by atoms with E-state index < -0.39 is 0 Å². The van der Waals surface area contributed by atoms with Crippen LogP contribution in [0.1, 0.15) is 51.8 Å². The van der Waals surface area contributed by atoms with E-state index in [1.54, 1.807) is 0 Å². The van der Waals surface area contributed by atoms with Gasteiger partial charge < -0.3 is 0 Å². The van der Waals surface area contributed by atoms with Gasteiger partial charge in [-0.1, -0.05) is 40.7 Å². The van der Waals surface area contributed by atoms with Gasteiger partial charge in [0.25, 0.3) is 0 Å². The van der Waals surface area contributed by atoms with Crippen LogP contribution in [0, 0.1) is 0 Å². The fourth-order valence-electron chi connectivity index (χ4n) is 0.987. The van der Waals surface area contributed by atoms with Crippen LogP contribution in [0.5, 0.6) is 0 Å². The normalized spacial score (nSPS) is 9.38. The van der Waals surface area contributed by atoms with Crippen LogP contribution in [-0.4, -0.2) is 4.98 Å². The molecule has 0 saturated heterocycles. The zero-order valence-corrected chi connectivity index (χ0v) is 9.46. The SMILES string of the molecule is CC.CCc1ccc(C(C)C)nc1. The summed E-state index contributed by atoms with van der Waals surface area (Å²) in [5.41, 5.74) is 2.50. The van der Waals surface area contributed by atoms with Crippen molar-refractivity contribution in [3.63, 3.8) is 0 Å². The molecule has 0 bridgehead atoms. The van der Waals surface area contributed by atoms with E-state index in [1.165, 1.54) is 11.3 Å². The summed E-state index contributed by atoms with van der Waals surface area (Å²) in [6, 6.07) is 4.27. The monoisotopic (exact) mass is 179 g/mol. The second-order valence-corrected chi connectivity index (χ2v) is 3.10. The molecule has 1 heterocycles. The third kappa shape index (κ3) is 4.07. The molecule has 0 spiro atoms. The van der Waals surface area contributed by atoms with Crippen LogP contribution in [0.2, 0.25) is 0 Å². The van der Waals surface area contributed by atoms with E-state index in [-0.39, 0.29) is 0 Å². The molecule has 0 aliphatic heterocycles. The maximum absolute atomic E-state index is 4.35. The largest absolute Gasteiger partial charge is 0.261 e. The Morgan fingerprint density at radius 1 is 1.23 bits per heavy atom. The van der Waals surface area contributed by atoms with Crippen LogP contribution in [0.15, 0.2) is 18.3 Å². The van der Waals surface area contributed by atoms with Crippen molar-refractivity contribution in [2.24, 2.45) is 0 Å². The summed E-state index contributed by atoms with van der Waals surface area (Å²) in [7, 11) is 0. The predicted octanol–water partition coefficient (Wildman–Crippen LogP) is 3.79. The van der Waals surface area contributed by atoms with Crippen LogP contribution in [0.25, 0.3) is 0 Å². The average molecular weight is 179 g/mol. The summed E-state index contributed by atoms with van der Waals surface area (Å²) >= 11 is 0. The minimum absolute atomic E-state index is 0.543. The lowest BCUT2D eigenvalue weighted by atomic mass is 10.1. The molecule has 0 aliphatic carbocycles. The second-order valence-electron chi connectivity index (χ2n) is 3.10. The first kappa shape index (κ1) is 12.2. The molecule has 0 fully saturated rings. The Bertz CT molecular complexity index is 211. The summed E-state index contributed by atoms with van der Waals surface area (Å²) in [6.45, 7) is 10.5. The summed E-state index contributed by atoms with van der Waals surface area (Å²) < 4.78 is 0. The van der Waals surface area contributed by atoms with Crippen molar-refractivity contribution in [2.45, 2.75) is 47.0 Å². The van der Waals surface area contributed by atoms with Crippen molar-refractivity contribution in [2.75, 3.05) is 0 Å². The van der Waals surface area contributed by atoms with E-state index in [4.69, 9.17) is 0 Å². The zero-order valence-electron chi connectivity index (χ0n) is 9.46. The van der Waals surface area contributed by atoms with Crippen molar-refractivity contribution in [1.29, 1.82) is 0 Å². The molecule has 74 valence electrons. The highest BCUT2D eigenvalue weighted by atomic mass is 14.7. The molecule has 1 aromatic rings. The molecule has 0 unspecified atom stereocenters. The van der Waals surface area contributed by atoms with Crippen molar-refractivity contribution in [1.82, 2.24) is 4.98 Å². The van der Waals surface area contributed by atoms with Gasteiger partial charge in [-0.05, 0) is 24.0 Å². The lowest BCUT2D eigenvalue weighted by molar-refractivity contribution is 0.819. The number of rotatable bonds is 2. The minimum atomic E-state index is 0.543. The van der Waals surface area contributed by atoms with Crippen LogP contribution in [0.3, 0.4) is 0 Å². The van der Waals surface area contributed by atoms with Crippen molar-refractivity contribution in [3.05, 3.63) is 29.6 Å². The highest BCUT2D eigenvalue weighted by Gasteiger charge is 1.98. The Morgan fingerprint density at radius 3 is 2.15 bits per heavy atom. The van der Waals surface area contributed by atoms with Gasteiger partial charge in [-0.2, -0.15) is 0 Å². The van der Waals surface area contributed by atoms with E-state index in [0.29, 0.717) is 5.92 Å². The molecule has 0 amide bonds. The first-order chi connectivity index (χ1) is 6.24. The van der Waals surface area contributed by atoms with E-state index in [0.717, 1.165) is 6.42 Å². The quantitative estimate of drug-likeness (QED) is 0.673. The first-order valence-electron chi connectivity index (χ1n) is 5.19. The van der Waals surface area contributed by atoms with E-state index in [9.17, 15) is 0 Å². The molecular weight excluding hydrogens is 158 g/mol. The first-order valence-corrected chi connectivity index (χ1v) is 5.19. The topological polar surface area (TPSA) is 12.9 Å². The van der Waals surface area contributed by atoms with Gasteiger partial charge in [-0.3, -0.25) is 4.98 Å². The summed E-state index contributed by atoms with van der Waals surface area (Å²) in [5.74, 6) is 0.543. The molecule has 1 heteroatoms. The lowest BCUT2D eigenvalue weighted by Gasteiger charge is -2.03.